The minimum Gasteiger partial charge on any atom is -0.367 e. The molecule has 6 nitrogen and oxygen atoms in total. The van der Waals surface area contributed by atoms with E-state index in [0.717, 1.165) is 37.6 Å². The van der Waals surface area contributed by atoms with Crippen molar-refractivity contribution < 1.29 is 17.9 Å². The van der Waals surface area contributed by atoms with Gasteiger partial charge < -0.3 is 19.5 Å². The van der Waals surface area contributed by atoms with Crippen LogP contribution in [-0.2, 0) is 17.9 Å². The lowest BCUT2D eigenvalue weighted by Gasteiger charge is -2.39. The topological polar surface area (TPSA) is 54.7 Å². The minimum absolute atomic E-state index is 0.0622. The second-order valence-electron chi connectivity index (χ2n) is 7.88. The fraction of sp³-hybridized carbons (Fsp3) is 0.545. The van der Waals surface area contributed by atoms with Crippen molar-refractivity contribution in [1.82, 2.24) is 19.8 Å². The molecule has 3 rings (SSSR count). The number of guanidine groups is 1. The molecule has 2 atom stereocenters. The molecular formula is C22H30F3N5O. The van der Waals surface area contributed by atoms with E-state index in [4.69, 9.17) is 9.73 Å². The molecule has 2 aromatic rings. The van der Waals surface area contributed by atoms with E-state index in [-0.39, 0.29) is 6.61 Å². The van der Waals surface area contributed by atoms with Crippen LogP contribution in [0.4, 0.5) is 13.2 Å². The molecule has 9 heteroatoms. The summed E-state index contributed by atoms with van der Waals surface area (Å²) >= 11 is 0. The highest BCUT2D eigenvalue weighted by Crippen LogP contribution is 2.27. The summed E-state index contributed by atoms with van der Waals surface area (Å²) in [6.45, 7) is 6.08. The quantitative estimate of drug-likeness (QED) is 0.525. The molecule has 0 saturated carbocycles. The SMILES string of the molecule is CCNC(=NCc1ccc(COCC(F)(F)F)cc1)N1CCC(C)C(n2ccnc2)C1. The van der Waals surface area contributed by atoms with Gasteiger partial charge in [0.15, 0.2) is 5.96 Å². The summed E-state index contributed by atoms with van der Waals surface area (Å²) in [6, 6.07) is 7.67. The highest BCUT2D eigenvalue weighted by atomic mass is 19.4. The predicted molar refractivity (Wildman–Crippen MR) is 114 cm³/mol. The van der Waals surface area contributed by atoms with Gasteiger partial charge in [0, 0.05) is 32.0 Å². The molecule has 1 aliphatic heterocycles. The van der Waals surface area contributed by atoms with Gasteiger partial charge >= 0.3 is 6.18 Å². The van der Waals surface area contributed by atoms with Crippen LogP contribution in [-0.4, -0.2) is 52.8 Å². The zero-order valence-corrected chi connectivity index (χ0v) is 18.0. The van der Waals surface area contributed by atoms with Crippen LogP contribution in [0, 0.1) is 5.92 Å². The van der Waals surface area contributed by atoms with Gasteiger partial charge in [-0.25, -0.2) is 9.98 Å². The lowest BCUT2D eigenvalue weighted by molar-refractivity contribution is -0.176. The molecule has 1 fully saturated rings. The second-order valence-corrected chi connectivity index (χ2v) is 7.88. The fourth-order valence-electron chi connectivity index (χ4n) is 3.71. The molecule has 0 bridgehead atoms. The average molecular weight is 438 g/mol. The summed E-state index contributed by atoms with van der Waals surface area (Å²) in [5.41, 5.74) is 1.70. The van der Waals surface area contributed by atoms with Crippen LogP contribution < -0.4 is 5.32 Å². The molecule has 0 radical (unpaired) electrons. The Morgan fingerprint density at radius 1 is 1.26 bits per heavy atom. The normalized spacial score (nSPS) is 20.2. The Bertz CT molecular complexity index is 821. The first kappa shape index (κ1) is 23.1. The molecule has 0 spiro atoms. The standard InChI is InChI=1S/C22H30F3N5O/c1-3-27-21(29-10-8-17(2)20(13-29)30-11-9-26-16-30)28-12-18-4-6-19(7-5-18)14-31-15-22(23,24)25/h4-7,9,11,16-17,20H,3,8,10,12-15H2,1-2H3,(H,27,28). The number of imidazole rings is 1. The molecule has 1 aliphatic rings. The number of alkyl halides is 3. The highest BCUT2D eigenvalue weighted by molar-refractivity contribution is 5.80. The Balaban J connectivity index is 1.60. The number of piperidine rings is 1. The van der Waals surface area contributed by atoms with Crippen LogP contribution in [0.5, 0.6) is 0 Å². The van der Waals surface area contributed by atoms with E-state index in [9.17, 15) is 13.2 Å². The maximum absolute atomic E-state index is 12.2. The van der Waals surface area contributed by atoms with Gasteiger partial charge in [-0.15, -0.1) is 0 Å². The van der Waals surface area contributed by atoms with Crippen molar-refractivity contribution in [2.75, 3.05) is 26.2 Å². The molecule has 1 saturated heterocycles. The van der Waals surface area contributed by atoms with Crippen molar-refractivity contribution in [3.8, 4) is 0 Å². The van der Waals surface area contributed by atoms with Crippen LogP contribution >= 0.6 is 0 Å². The maximum atomic E-state index is 12.2. The molecule has 2 heterocycles. The molecule has 1 N–H and O–H groups in total. The monoisotopic (exact) mass is 437 g/mol. The lowest BCUT2D eigenvalue weighted by Crippen LogP contribution is -2.49. The van der Waals surface area contributed by atoms with Gasteiger partial charge in [0.25, 0.3) is 0 Å². The van der Waals surface area contributed by atoms with E-state index in [1.807, 2.05) is 37.8 Å². The van der Waals surface area contributed by atoms with Gasteiger partial charge in [-0.3, -0.25) is 0 Å². The average Bonchev–Trinajstić information content (AvgIpc) is 3.26. The smallest absolute Gasteiger partial charge is 0.367 e. The van der Waals surface area contributed by atoms with Crippen LogP contribution in [0.25, 0.3) is 0 Å². The number of halogens is 3. The predicted octanol–water partition coefficient (Wildman–Crippen LogP) is 4.01. The number of aromatic nitrogens is 2. The first-order valence-electron chi connectivity index (χ1n) is 10.6. The third-order valence-corrected chi connectivity index (χ3v) is 5.43. The number of rotatable bonds is 7. The molecule has 1 aromatic carbocycles. The van der Waals surface area contributed by atoms with Crippen molar-refractivity contribution in [2.24, 2.45) is 10.9 Å². The van der Waals surface area contributed by atoms with Gasteiger partial charge in [-0.1, -0.05) is 31.2 Å². The van der Waals surface area contributed by atoms with Crippen molar-refractivity contribution in [2.45, 2.75) is 45.6 Å². The first-order valence-corrected chi connectivity index (χ1v) is 10.6. The van der Waals surface area contributed by atoms with Crippen molar-refractivity contribution in [1.29, 1.82) is 0 Å². The first-order chi connectivity index (χ1) is 14.9. The van der Waals surface area contributed by atoms with Crippen LogP contribution in [0.1, 0.15) is 37.4 Å². The van der Waals surface area contributed by atoms with Gasteiger partial charge in [0.05, 0.1) is 25.5 Å². The Kier molecular flexibility index (Phi) is 7.95. The number of aliphatic imine (C=N–C) groups is 1. The summed E-state index contributed by atoms with van der Waals surface area (Å²) < 4.78 is 43.4. The fourth-order valence-corrected chi connectivity index (χ4v) is 3.71. The summed E-state index contributed by atoms with van der Waals surface area (Å²) in [4.78, 5) is 11.3. The number of ether oxygens (including phenoxy) is 1. The molecule has 1 aromatic heterocycles. The Morgan fingerprint density at radius 3 is 2.65 bits per heavy atom. The van der Waals surface area contributed by atoms with E-state index < -0.39 is 12.8 Å². The number of likely N-dealkylation sites (tertiary alicyclic amines) is 1. The molecule has 31 heavy (non-hydrogen) atoms. The summed E-state index contributed by atoms with van der Waals surface area (Å²) in [5, 5.41) is 3.38. The Morgan fingerprint density at radius 2 is 2.00 bits per heavy atom. The molecule has 0 amide bonds. The number of benzene rings is 1. The van der Waals surface area contributed by atoms with E-state index in [2.05, 4.69) is 26.7 Å². The molecule has 170 valence electrons. The van der Waals surface area contributed by atoms with Gasteiger partial charge in [-0.2, -0.15) is 13.2 Å². The zero-order chi connectivity index (χ0) is 22.3. The molecule has 2 unspecified atom stereocenters. The number of hydrogen-bond donors (Lipinski definition) is 1. The zero-order valence-electron chi connectivity index (χ0n) is 18.0. The van der Waals surface area contributed by atoms with Crippen LogP contribution in [0.3, 0.4) is 0 Å². The van der Waals surface area contributed by atoms with Gasteiger partial charge in [0.2, 0.25) is 0 Å². The van der Waals surface area contributed by atoms with Crippen LogP contribution in [0.2, 0.25) is 0 Å². The Labute approximate surface area is 181 Å². The number of nitrogens with one attached hydrogen (secondary N) is 1. The van der Waals surface area contributed by atoms with Gasteiger partial charge in [0.1, 0.15) is 6.61 Å². The van der Waals surface area contributed by atoms with Crippen molar-refractivity contribution in [3.63, 3.8) is 0 Å². The number of hydrogen-bond acceptors (Lipinski definition) is 3. The third-order valence-electron chi connectivity index (χ3n) is 5.43. The molecule has 0 aliphatic carbocycles. The molecular weight excluding hydrogens is 407 g/mol. The van der Waals surface area contributed by atoms with Crippen molar-refractivity contribution >= 4 is 5.96 Å². The summed E-state index contributed by atoms with van der Waals surface area (Å²) in [6.07, 6.45) is 2.45. The third kappa shape index (κ3) is 6.99. The van der Waals surface area contributed by atoms with E-state index in [1.54, 1.807) is 12.1 Å². The summed E-state index contributed by atoms with van der Waals surface area (Å²) in [7, 11) is 0. The maximum Gasteiger partial charge on any atom is 0.411 e. The van der Waals surface area contributed by atoms with E-state index >= 15 is 0 Å². The lowest BCUT2D eigenvalue weighted by atomic mass is 9.93. The number of nitrogens with zero attached hydrogens (tertiary/aromatic N) is 4. The minimum atomic E-state index is -4.31. The Hall–Kier alpha value is -2.55. The summed E-state index contributed by atoms with van der Waals surface area (Å²) in [5.74, 6) is 1.43. The largest absolute Gasteiger partial charge is 0.411 e. The van der Waals surface area contributed by atoms with Crippen LogP contribution in [0.15, 0.2) is 48.0 Å². The van der Waals surface area contributed by atoms with Crippen molar-refractivity contribution in [3.05, 3.63) is 54.1 Å². The van der Waals surface area contributed by atoms with E-state index in [0.29, 0.717) is 24.1 Å². The van der Waals surface area contributed by atoms with Gasteiger partial charge in [-0.05, 0) is 30.4 Å². The van der Waals surface area contributed by atoms with E-state index in [1.165, 1.54) is 0 Å². The second kappa shape index (κ2) is 10.7. The highest BCUT2D eigenvalue weighted by Gasteiger charge is 2.29.